The lowest BCUT2D eigenvalue weighted by atomic mass is 9.93. The van der Waals surface area contributed by atoms with Crippen LogP contribution in [-0.2, 0) is 9.59 Å². The molecule has 0 spiro atoms. The molecule has 3 aliphatic rings. The lowest BCUT2D eigenvalue weighted by Gasteiger charge is -2.39. The SMILES string of the molecule is CCC(=O)N1CCCC(C(=O)N(C)C2CC3CCC(C2)N3)C1.Cl. The van der Waals surface area contributed by atoms with Gasteiger partial charge in [-0.05, 0) is 38.5 Å². The second-order valence-electron chi connectivity index (χ2n) is 7.24. The maximum Gasteiger partial charge on any atom is 0.227 e. The van der Waals surface area contributed by atoms with Gasteiger partial charge in [0.1, 0.15) is 0 Å². The van der Waals surface area contributed by atoms with Crippen molar-refractivity contribution >= 4 is 24.2 Å². The van der Waals surface area contributed by atoms with E-state index in [0.29, 0.717) is 31.1 Å². The molecule has 3 rings (SSSR count). The highest BCUT2D eigenvalue weighted by molar-refractivity contribution is 5.85. The van der Waals surface area contributed by atoms with Gasteiger partial charge in [-0.15, -0.1) is 12.4 Å². The Morgan fingerprint density at radius 2 is 1.83 bits per heavy atom. The maximum absolute atomic E-state index is 12.9. The molecule has 3 saturated heterocycles. The van der Waals surface area contributed by atoms with E-state index in [-0.39, 0.29) is 30.1 Å². The fraction of sp³-hybridized carbons (Fsp3) is 0.882. The Labute approximate surface area is 145 Å². The summed E-state index contributed by atoms with van der Waals surface area (Å²) in [5.74, 6) is 0.432. The first kappa shape index (κ1) is 18.5. The van der Waals surface area contributed by atoms with E-state index in [1.807, 2.05) is 23.8 Å². The van der Waals surface area contributed by atoms with Crippen LogP contribution < -0.4 is 5.32 Å². The van der Waals surface area contributed by atoms with Crippen LogP contribution in [0, 0.1) is 5.92 Å². The fourth-order valence-corrected chi connectivity index (χ4v) is 4.44. The van der Waals surface area contributed by atoms with Crippen molar-refractivity contribution in [1.82, 2.24) is 15.1 Å². The van der Waals surface area contributed by atoms with Crippen LogP contribution in [0.4, 0.5) is 0 Å². The molecule has 0 saturated carbocycles. The summed E-state index contributed by atoms with van der Waals surface area (Å²) in [6.07, 6.45) is 7.10. The Morgan fingerprint density at radius 1 is 1.17 bits per heavy atom. The van der Waals surface area contributed by atoms with Crippen LogP contribution in [0.5, 0.6) is 0 Å². The lowest BCUT2D eigenvalue weighted by molar-refractivity contribution is -0.141. The van der Waals surface area contributed by atoms with Crippen LogP contribution in [0.25, 0.3) is 0 Å². The van der Waals surface area contributed by atoms with E-state index in [2.05, 4.69) is 5.32 Å². The first-order chi connectivity index (χ1) is 10.6. The average molecular weight is 344 g/mol. The van der Waals surface area contributed by atoms with Crippen LogP contribution in [0.1, 0.15) is 51.9 Å². The minimum absolute atomic E-state index is 0. The molecule has 23 heavy (non-hydrogen) atoms. The molecule has 6 heteroatoms. The number of nitrogens with zero attached hydrogens (tertiary/aromatic N) is 2. The van der Waals surface area contributed by atoms with E-state index in [1.165, 1.54) is 12.8 Å². The van der Waals surface area contributed by atoms with Crippen molar-refractivity contribution in [1.29, 1.82) is 0 Å². The van der Waals surface area contributed by atoms with Gasteiger partial charge in [-0.25, -0.2) is 0 Å². The van der Waals surface area contributed by atoms with Crippen molar-refractivity contribution in [3.8, 4) is 0 Å². The molecule has 0 aromatic carbocycles. The third-order valence-electron chi connectivity index (χ3n) is 5.77. The molecule has 0 aromatic rings. The largest absolute Gasteiger partial charge is 0.342 e. The average Bonchev–Trinajstić information content (AvgIpc) is 2.90. The predicted octanol–water partition coefficient (Wildman–Crippen LogP) is 1.80. The fourth-order valence-electron chi connectivity index (χ4n) is 4.44. The summed E-state index contributed by atoms with van der Waals surface area (Å²) in [5, 5.41) is 3.63. The van der Waals surface area contributed by atoms with Crippen LogP contribution in [0.2, 0.25) is 0 Å². The first-order valence-electron chi connectivity index (χ1n) is 8.89. The van der Waals surface area contributed by atoms with Crippen LogP contribution in [-0.4, -0.2) is 59.9 Å². The summed E-state index contributed by atoms with van der Waals surface area (Å²) in [7, 11) is 1.97. The van der Waals surface area contributed by atoms with Crippen LogP contribution >= 0.6 is 12.4 Å². The molecular formula is C17H30ClN3O2. The number of likely N-dealkylation sites (tertiary alicyclic amines) is 1. The van der Waals surface area contributed by atoms with Crippen molar-refractivity contribution in [2.24, 2.45) is 5.92 Å². The Kier molecular flexibility index (Phi) is 6.32. The van der Waals surface area contributed by atoms with Crippen molar-refractivity contribution < 1.29 is 9.59 Å². The molecule has 2 bridgehead atoms. The Hall–Kier alpha value is -0.810. The van der Waals surface area contributed by atoms with Gasteiger partial charge in [0.2, 0.25) is 11.8 Å². The summed E-state index contributed by atoms with van der Waals surface area (Å²) in [4.78, 5) is 28.6. The molecule has 3 unspecified atom stereocenters. The highest BCUT2D eigenvalue weighted by Gasteiger charge is 2.38. The highest BCUT2D eigenvalue weighted by Crippen LogP contribution is 2.30. The second-order valence-corrected chi connectivity index (χ2v) is 7.24. The first-order valence-corrected chi connectivity index (χ1v) is 8.89. The van der Waals surface area contributed by atoms with Gasteiger partial charge in [0, 0.05) is 44.7 Å². The second kappa shape index (κ2) is 7.84. The number of fused-ring (bicyclic) bond motifs is 2. The highest BCUT2D eigenvalue weighted by atomic mass is 35.5. The maximum atomic E-state index is 12.9. The number of hydrogen-bond acceptors (Lipinski definition) is 3. The van der Waals surface area contributed by atoms with Gasteiger partial charge < -0.3 is 15.1 Å². The Morgan fingerprint density at radius 3 is 2.43 bits per heavy atom. The van der Waals surface area contributed by atoms with Gasteiger partial charge >= 0.3 is 0 Å². The molecule has 3 aliphatic heterocycles. The minimum atomic E-state index is 0. The molecule has 3 fully saturated rings. The van der Waals surface area contributed by atoms with Crippen molar-refractivity contribution in [2.75, 3.05) is 20.1 Å². The predicted molar refractivity (Wildman–Crippen MR) is 92.6 cm³/mol. The smallest absolute Gasteiger partial charge is 0.227 e. The topological polar surface area (TPSA) is 52.7 Å². The Bertz CT molecular complexity index is 434. The van der Waals surface area contributed by atoms with Gasteiger partial charge in [0.15, 0.2) is 0 Å². The zero-order valence-electron chi connectivity index (χ0n) is 14.3. The van der Waals surface area contributed by atoms with E-state index in [9.17, 15) is 9.59 Å². The molecule has 5 nitrogen and oxygen atoms in total. The van der Waals surface area contributed by atoms with Gasteiger partial charge in [0.25, 0.3) is 0 Å². The molecule has 3 atom stereocenters. The quantitative estimate of drug-likeness (QED) is 0.850. The number of nitrogens with one attached hydrogen (secondary N) is 1. The number of carbonyl (C=O) groups is 2. The normalized spacial score (nSPS) is 33.0. The van der Waals surface area contributed by atoms with Crippen molar-refractivity contribution in [2.45, 2.75) is 70.0 Å². The summed E-state index contributed by atoms with van der Waals surface area (Å²) >= 11 is 0. The van der Waals surface area contributed by atoms with Gasteiger partial charge in [-0.1, -0.05) is 6.92 Å². The number of halogens is 1. The minimum Gasteiger partial charge on any atom is -0.342 e. The molecule has 0 radical (unpaired) electrons. The van der Waals surface area contributed by atoms with Gasteiger partial charge in [-0.2, -0.15) is 0 Å². The number of amides is 2. The molecule has 0 aromatic heterocycles. The number of piperidine rings is 2. The third kappa shape index (κ3) is 4.00. The molecule has 1 N–H and O–H groups in total. The van der Waals surface area contributed by atoms with Gasteiger partial charge in [0.05, 0.1) is 5.92 Å². The Balaban J connectivity index is 0.00000192. The molecule has 0 aliphatic carbocycles. The third-order valence-corrected chi connectivity index (χ3v) is 5.77. The lowest BCUT2D eigenvalue weighted by Crippen LogP contribution is -2.52. The summed E-state index contributed by atoms with van der Waals surface area (Å²) in [6, 6.07) is 1.58. The number of carbonyl (C=O) groups excluding carboxylic acids is 2. The number of hydrogen-bond donors (Lipinski definition) is 1. The van der Waals surface area contributed by atoms with Crippen molar-refractivity contribution in [3.63, 3.8) is 0 Å². The van der Waals surface area contributed by atoms with Gasteiger partial charge in [-0.3, -0.25) is 9.59 Å². The van der Waals surface area contributed by atoms with E-state index in [4.69, 9.17) is 0 Å². The van der Waals surface area contributed by atoms with E-state index >= 15 is 0 Å². The summed E-state index contributed by atoms with van der Waals surface area (Å²) < 4.78 is 0. The molecular weight excluding hydrogens is 314 g/mol. The van der Waals surface area contributed by atoms with Crippen molar-refractivity contribution in [3.05, 3.63) is 0 Å². The summed E-state index contributed by atoms with van der Waals surface area (Å²) in [5.41, 5.74) is 0. The van der Waals surface area contributed by atoms with E-state index in [0.717, 1.165) is 32.2 Å². The van der Waals surface area contributed by atoms with Crippen LogP contribution in [0.15, 0.2) is 0 Å². The van der Waals surface area contributed by atoms with E-state index < -0.39 is 0 Å². The summed E-state index contributed by atoms with van der Waals surface area (Å²) in [6.45, 7) is 3.33. The zero-order chi connectivity index (χ0) is 15.7. The zero-order valence-corrected chi connectivity index (χ0v) is 15.1. The van der Waals surface area contributed by atoms with E-state index in [1.54, 1.807) is 0 Å². The molecule has 3 heterocycles. The number of rotatable bonds is 3. The van der Waals surface area contributed by atoms with Crippen LogP contribution in [0.3, 0.4) is 0 Å². The standard InChI is InChI=1S/C17H29N3O2.ClH/c1-3-16(21)20-8-4-5-12(11-20)17(22)19(2)15-9-13-6-7-14(10-15)18-13;/h12-15,18H,3-11H2,1-2H3;1H. The monoisotopic (exact) mass is 343 g/mol. The molecule has 2 amide bonds. The molecule has 132 valence electrons.